The number of rotatable bonds is 4. The van der Waals surface area contributed by atoms with Crippen molar-refractivity contribution in [2.75, 3.05) is 7.11 Å². The molecule has 5 atom stereocenters. The average molecular weight is 399 g/mol. The molecule has 0 radical (unpaired) electrons. The van der Waals surface area contributed by atoms with E-state index in [0.717, 1.165) is 41.5 Å². The van der Waals surface area contributed by atoms with Crippen LogP contribution in [0.25, 0.3) is 10.9 Å². The van der Waals surface area contributed by atoms with Gasteiger partial charge < -0.3 is 19.7 Å². The lowest BCUT2D eigenvalue weighted by Gasteiger charge is -2.51. The van der Waals surface area contributed by atoms with Crippen molar-refractivity contribution in [1.29, 1.82) is 0 Å². The van der Waals surface area contributed by atoms with Gasteiger partial charge in [-0.2, -0.15) is 0 Å². The fourth-order valence-corrected chi connectivity index (χ4v) is 6.06. The number of aliphatic hydroxyl groups is 1. The minimum absolute atomic E-state index is 0.107. The molecule has 0 spiro atoms. The van der Waals surface area contributed by atoms with Gasteiger partial charge >= 0.3 is 0 Å². The molecule has 2 N–H and O–H groups in total. The maximum atomic E-state index is 13.4. The second-order valence-electron chi connectivity index (χ2n) is 9.71. The van der Waals surface area contributed by atoms with Crippen molar-refractivity contribution in [3.05, 3.63) is 29.5 Å². The summed E-state index contributed by atoms with van der Waals surface area (Å²) in [7, 11) is 1.69. The van der Waals surface area contributed by atoms with E-state index < -0.39 is 5.60 Å². The maximum absolute atomic E-state index is 13.4. The van der Waals surface area contributed by atoms with Gasteiger partial charge in [0.15, 0.2) is 0 Å². The molecule has 5 heteroatoms. The zero-order valence-electron chi connectivity index (χ0n) is 18.3. The van der Waals surface area contributed by atoms with E-state index in [-0.39, 0.29) is 23.9 Å². The number of benzene rings is 1. The van der Waals surface area contributed by atoms with Gasteiger partial charge in [0.05, 0.1) is 12.7 Å². The van der Waals surface area contributed by atoms with E-state index in [9.17, 15) is 9.90 Å². The zero-order valence-corrected chi connectivity index (χ0v) is 18.3. The number of aromatic amines is 1. The maximum Gasteiger partial charge on any atom is 0.223 e. The number of H-pyrrole nitrogens is 1. The number of nitrogens with zero attached hydrogens (tertiary/aromatic N) is 1. The molecule has 2 aliphatic rings. The average Bonchev–Trinajstić information content (AvgIpc) is 3.05. The summed E-state index contributed by atoms with van der Waals surface area (Å²) in [4.78, 5) is 18.8. The van der Waals surface area contributed by atoms with Crippen LogP contribution >= 0.6 is 0 Å². The number of amides is 1. The van der Waals surface area contributed by atoms with Crippen LogP contribution in [-0.2, 0) is 4.79 Å². The number of carbonyl (C=O) groups is 1. The highest BCUT2D eigenvalue weighted by atomic mass is 16.5. The van der Waals surface area contributed by atoms with Crippen molar-refractivity contribution in [2.45, 2.75) is 83.4 Å². The predicted molar refractivity (Wildman–Crippen MR) is 115 cm³/mol. The molecule has 1 aliphatic heterocycles. The number of likely N-dealkylation sites (tertiary alicyclic amines) is 1. The number of fused-ring (bicyclic) bond motifs is 3. The molecule has 2 heterocycles. The zero-order chi connectivity index (χ0) is 20.9. The SMILES string of the molecule is COc1ccc2[nH]cc(C(C)CC(=O)N3C(C)CC4CC3CC(C)(O)C4)c2c1C. The van der Waals surface area contributed by atoms with Crippen molar-refractivity contribution in [3.8, 4) is 5.75 Å². The van der Waals surface area contributed by atoms with Gasteiger partial charge in [-0.05, 0) is 76.0 Å². The van der Waals surface area contributed by atoms with E-state index in [1.807, 2.05) is 25.3 Å². The molecule has 2 bridgehead atoms. The van der Waals surface area contributed by atoms with Gasteiger partial charge in [0.2, 0.25) is 5.91 Å². The number of aromatic nitrogens is 1. The molecule has 5 nitrogen and oxygen atoms in total. The Bertz CT molecular complexity index is 914. The minimum Gasteiger partial charge on any atom is -0.496 e. The first kappa shape index (κ1) is 20.3. The van der Waals surface area contributed by atoms with Gasteiger partial charge in [-0.3, -0.25) is 4.79 Å². The van der Waals surface area contributed by atoms with Crippen molar-refractivity contribution < 1.29 is 14.6 Å². The lowest BCUT2D eigenvalue weighted by molar-refractivity contribution is -0.146. The highest BCUT2D eigenvalue weighted by Gasteiger charge is 2.45. The van der Waals surface area contributed by atoms with E-state index in [4.69, 9.17) is 4.74 Å². The summed E-state index contributed by atoms with van der Waals surface area (Å²) in [6.45, 7) is 8.30. The van der Waals surface area contributed by atoms with Crippen molar-refractivity contribution in [1.82, 2.24) is 9.88 Å². The standard InChI is InChI=1S/C24H34N2O3/c1-14(19-13-25-20-6-7-21(29-5)16(3)23(19)20)8-22(27)26-15(2)9-17-10-18(26)12-24(4,28)11-17/h6-7,13-15,17-18,25,28H,8-12H2,1-5H3. The van der Waals surface area contributed by atoms with Crippen LogP contribution in [0.15, 0.2) is 18.3 Å². The summed E-state index contributed by atoms with van der Waals surface area (Å²) in [5, 5.41) is 11.8. The smallest absolute Gasteiger partial charge is 0.223 e. The second-order valence-corrected chi connectivity index (χ2v) is 9.71. The van der Waals surface area contributed by atoms with E-state index >= 15 is 0 Å². The number of ether oxygens (including phenoxy) is 1. The van der Waals surface area contributed by atoms with Crippen LogP contribution < -0.4 is 4.74 Å². The van der Waals surface area contributed by atoms with E-state index in [0.29, 0.717) is 18.8 Å². The molecule has 1 aromatic heterocycles. The van der Waals surface area contributed by atoms with Crippen LogP contribution in [0.2, 0.25) is 0 Å². The molecule has 158 valence electrons. The molecular weight excluding hydrogens is 364 g/mol. The molecule has 2 fully saturated rings. The van der Waals surface area contributed by atoms with Crippen LogP contribution in [0.3, 0.4) is 0 Å². The molecule has 4 rings (SSSR count). The molecule has 1 saturated heterocycles. The number of hydrogen-bond donors (Lipinski definition) is 2. The van der Waals surface area contributed by atoms with Gasteiger partial charge in [-0.25, -0.2) is 0 Å². The van der Waals surface area contributed by atoms with Crippen LogP contribution in [0, 0.1) is 12.8 Å². The Morgan fingerprint density at radius 3 is 2.86 bits per heavy atom. The molecule has 1 aliphatic carbocycles. The summed E-state index contributed by atoms with van der Waals surface area (Å²) in [5.41, 5.74) is 2.71. The van der Waals surface area contributed by atoms with Gasteiger partial charge in [0.1, 0.15) is 5.75 Å². The fourth-order valence-electron chi connectivity index (χ4n) is 6.06. The lowest BCUT2D eigenvalue weighted by Crippen LogP contribution is -2.57. The Morgan fingerprint density at radius 2 is 2.14 bits per heavy atom. The molecule has 2 aromatic rings. The third-order valence-electron chi connectivity index (χ3n) is 7.16. The molecule has 1 saturated carbocycles. The largest absolute Gasteiger partial charge is 0.496 e. The van der Waals surface area contributed by atoms with Crippen LogP contribution in [0.1, 0.15) is 69.9 Å². The second kappa shape index (κ2) is 7.35. The number of hydrogen-bond acceptors (Lipinski definition) is 3. The molecule has 5 unspecified atom stereocenters. The Balaban J connectivity index is 1.56. The van der Waals surface area contributed by atoms with E-state index in [1.54, 1.807) is 7.11 Å². The summed E-state index contributed by atoms with van der Waals surface area (Å²) >= 11 is 0. The highest BCUT2D eigenvalue weighted by Crippen LogP contribution is 2.43. The first-order chi connectivity index (χ1) is 13.7. The van der Waals surface area contributed by atoms with Crippen molar-refractivity contribution in [3.63, 3.8) is 0 Å². The van der Waals surface area contributed by atoms with Crippen molar-refractivity contribution in [2.24, 2.45) is 5.92 Å². The van der Waals surface area contributed by atoms with Crippen LogP contribution in [0.5, 0.6) is 5.75 Å². The Hall–Kier alpha value is -2.01. The first-order valence-corrected chi connectivity index (χ1v) is 10.9. The monoisotopic (exact) mass is 398 g/mol. The summed E-state index contributed by atoms with van der Waals surface area (Å²) < 4.78 is 5.50. The fraction of sp³-hybridized carbons (Fsp3) is 0.625. The number of methoxy groups -OCH3 is 1. The topological polar surface area (TPSA) is 65.6 Å². The number of carbonyl (C=O) groups excluding carboxylic acids is 1. The molecule has 29 heavy (non-hydrogen) atoms. The third-order valence-corrected chi connectivity index (χ3v) is 7.16. The lowest BCUT2D eigenvalue weighted by atomic mass is 9.70. The van der Waals surface area contributed by atoms with Crippen LogP contribution in [-0.4, -0.2) is 45.7 Å². The van der Waals surface area contributed by atoms with Gasteiger partial charge in [-0.15, -0.1) is 0 Å². The number of piperidine rings is 1. The quantitative estimate of drug-likeness (QED) is 0.796. The Kier molecular flexibility index (Phi) is 5.14. The van der Waals surface area contributed by atoms with E-state index in [1.165, 1.54) is 5.56 Å². The summed E-state index contributed by atoms with van der Waals surface area (Å²) in [6, 6.07) is 4.43. The van der Waals surface area contributed by atoms with Crippen molar-refractivity contribution >= 4 is 16.8 Å². The highest BCUT2D eigenvalue weighted by molar-refractivity contribution is 5.89. The third kappa shape index (κ3) is 3.65. The Labute approximate surface area is 173 Å². The number of nitrogens with one attached hydrogen (secondary N) is 1. The molecular formula is C24H34N2O3. The molecule has 1 aromatic carbocycles. The first-order valence-electron chi connectivity index (χ1n) is 10.9. The minimum atomic E-state index is -0.650. The number of aryl methyl sites for hydroxylation is 1. The molecule has 1 amide bonds. The van der Waals surface area contributed by atoms with Gasteiger partial charge in [0, 0.05) is 41.2 Å². The van der Waals surface area contributed by atoms with Crippen LogP contribution in [0.4, 0.5) is 0 Å². The summed E-state index contributed by atoms with van der Waals surface area (Å²) in [6.07, 6.45) is 6.10. The Morgan fingerprint density at radius 1 is 1.38 bits per heavy atom. The van der Waals surface area contributed by atoms with Gasteiger partial charge in [0.25, 0.3) is 0 Å². The predicted octanol–water partition coefficient (Wildman–Crippen LogP) is 4.52. The summed E-state index contributed by atoms with van der Waals surface area (Å²) in [5.74, 6) is 1.72. The normalized spacial score (nSPS) is 30.4. The van der Waals surface area contributed by atoms with E-state index in [2.05, 4.69) is 30.7 Å². The van der Waals surface area contributed by atoms with Gasteiger partial charge in [-0.1, -0.05) is 6.92 Å².